The summed E-state index contributed by atoms with van der Waals surface area (Å²) in [5.74, 6) is -0.351. The smallest absolute Gasteiger partial charge is 0.341 e. The first-order valence-corrected chi connectivity index (χ1v) is 12.2. The number of likely N-dealkylation sites (tertiary alicyclic amines) is 1. The lowest BCUT2D eigenvalue weighted by Gasteiger charge is -2.35. The maximum Gasteiger partial charge on any atom is 0.341 e. The van der Waals surface area contributed by atoms with Crippen LogP contribution in [0.5, 0.6) is 0 Å². The Balaban J connectivity index is 1.75. The van der Waals surface area contributed by atoms with Crippen LogP contribution in [0.1, 0.15) is 67.8 Å². The van der Waals surface area contributed by atoms with Crippen molar-refractivity contribution in [3.63, 3.8) is 0 Å². The molecule has 1 fully saturated rings. The van der Waals surface area contributed by atoms with Crippen molar-refractivity contribution in [2.24, 2.45) is 11.8 Å². The highest BCUT2D eigenvalue weighted by Crippen LogP contribution is 2.40. The van der Waals surface area contributed by atoms with Crippen LogP contribution in [-0.2, 0) is 31.9 Å². The average Bonchev–Trinajstić information content (AvgIpc) is 3.10. The molecule has 1 aliphatic heterocycles. The van der Waals surface area contributed by atoms with Crippen molar-refractivity contribution in [2.75, 3.05) is 31.6 Å². The highest BCUT2D eigenvalue weighted by Gasteiger charge is 2.33. The molecule has 1 saturated heterocycles. The molecule has 0 spiro atoms. The van der Waals surface area contributed by atoms with E-state index in [9.17, 15) is 14.4 Å². The summed E-state index contributed by atoms with van der Waals surface area (Å²) < 4.78 is 10.5. The second-order valence-corrected chi connectivity index (χ2v) is 9.63. The van der Waals surface area contributed by atoms with Gasteiger partial charge in [-0.2, -0.15) is 0 Å². The summed E-state index contributed by atoms with van der Waals surface area (Å²) in [5, 5.41) is 3.60. The molecule has 1 N–H and O–H groups in total. The molecular weight excluding hydrogens is 416 g/mol. The van der Waals surface area contributed by atoms with E-state index in [1.807, 2.05) is 11.8 Å². The van der Waals surface area contributed by atoms with Gasteiger partial charge >= 0.3 is 11.9 Å². The third-order valence-corrected chi connectivity index (χ3v) is 7.40. The molecule has 2 aliphatic rings. The van der Waals surface area contributed by atoms with Gasteiger partial charge in [-0.1, -0.05) is 6.92 Å². The number of rotatable bonds is 7. The molecule has 1 amide bonds. The van der Waals surface area contributed by atoms with Crippen LogP contribution in [0.25, 0.3) is 0 Å². The van der Waals surface area contributed by atoms with Crippen molar-refractivity contribution in [1.82, 2.24) is 4.90 Å². The molecule has 7 nitrogen and oxygen atoms in total. The number of carbonyl (C=O) groups excluding carboxylic acids is 3. The van der Waals surface area contributed by atoms with Crippen LogP contribution in [0.3, 0.4) is 0 Å². The van der Waals surface area contributed by atoms with Crippen LogP contribution >= 0.6 is 11.3 Å². The maximum absolute atomic E-state index is 13.1. The van der Waals surface area contributed by atoms with E-state index in [0.29, 0.717) is 36.2 Å². The van der Waals surface area contributed by atoms with Gasteiger partial charge < -0.3 is 14.8 Å². The number of ether oxygens (including phenoxy) is 2. The molecule has 0 radical (unpaired) electrons. The number of hydrogen-bond acceptors (Lipinski definition) is 7. The summed E-state index contributed by atoms with van der Waals surface area (Å²) in [6.45, 7) is 9.58. The van der Waals surface area contributed by atoms with Crippen LogP contribution in [0.2, 0.25) is 0 Å². The normalized spacial score (nSPS) is 22.3. The fourth-order valence-corrected chi connectivity index (χ4v) is 5.85. The number of anilines is 1. The molecule has 0 bridgehead atoms. The van der Waals surface area contributed by atoms with E-state index in [4.69, 9.17) is 9.47 Å². The van der Waals surface area contributed by atoms with Gasteiger partial charge in [0.25, 0.3) is 0 Å². The van der Waals surface area contributed by atoms with Crippen LogP contribution in [0.4, 0.5) is 5.00 Å². The van der Waals surface area contributed by atoms with Crippen molar-refractivity contribution < 1.29 is 23.9 Å². The Bertz CT molecular complexity index is 821. The van der Waals surface area contributed by atoms with E-state index in [1.165, 1.54) is 16.2 Å². The molecule has 3 atom stereocenters. The largest absolute Gasteiger partial charge is 0.466 e. The standard InChI is InChI=1S/C23H34N2O5S/c1-5-29-22(27)16-8-7-11-25(13-16)15(4)20(26)24-21-19(23(28)30-6-2)17-10-9-14(3)12-18(17)31-21/h14-16H,5-13H2,1-4H3,(H,24,26)/t14-,15-,16+/m0/s1. The molecule has 1 aromatic rings. The number of fused-ring (bicyclic) bond motifs is 1. The summed E-state index contributed by atoms with van der Waals surface area (Å²) in [5.41, 5.74) is 1.56. The van der Waals surface area contributed by atoms with Crippen LogP contribution in [0.15, 0.2) is 0 Å². The number of hydrogen-bond donors (Lipinski definition) is 1. The van der Waals surface area contributed by atoms with Crippen molar-refractivity contribution in [3.8, 4) is 0 Å². The minimum atomic E-state index is -0.412. The predicted molar refractivity (Wildman–Crippen MR) is 120 cm³/mol. The Morgan fingerprint density at radius 3 is 2.65 bits per heavy atom. The summed E-state index contributed by atoms with van der Waals surface area (Å²) in [7, 11) is 0. The Morgan fingerprint density at radius 2 is 1.94 bits per heavy atom. The fraction of sp³-hybridized carbons (Fsp3) is 0.696. The van der Waals surface area contributed by atoms with Gasteiger partial charge in [0.1, 0.15) is 5.00 Å². The lowest BCUT2D eigenvalue weighted by atomic mass is 9.88. The Morgan fingerprint density at radius 1 is 1.19 bits per heavy atom. The number of thiophene rings is 1. The first-order chi connectivity index (χ1) is 14.8. The second kappa shape index (κ2) is 10.6. The molecule has 1 aliphatic carbocycles. The zero-order valence-electron chi connectivity index (χ0n) is 19.0. The molecule has 3 rings (SSSR count). The van der Waals surface area contributed by atoms with E-state index < -0.39 is 6.04 Å². The Hall–Kier alpha value is -1.93. The lowest BCUT2D eigenvalue weighted by molar-refractivity contribution is -0.150. The number of amides is 1. The van der Waals surface area contributed by atoms with Crippen molar-refractivity contribution >= 4 is 34.2 Å². The van der Waals surface area contributed by atoms with Gasteiger partial charge in [-0.05, 0) is 70.9 Å². The highest BCUT2D eigenvalue weighted by atomic mass is 32.1. The summed E-state index contributed by atoms with van der Waals surface area (Å²) >= 11 is 1.50. The fourth-order valence-electron chi connectivity index (χ4n) is 4.45. The first-order valence-electron chi connectivity index (χ1n) is 11.4. The summed E-state index contributed by atoms with van der Waals surface area (Å²) in [6, 6.07) is -0.412. The molecule has 31 heavy (non-hydrogen) atoms. The molecule has 1 aromatic heterocycles. The molecule has 0 saturated carbocycles. The zero-order valence-corrected chi connectivity index (χ0v) is 19.8. The first kappa shape index (κ1) is 23.7. The van der Waals surface area contributed by atoms with Crippen molar-refractivity contribution in [3.05, 3.63) is 16.0 Å². The van der Waals surface area contributed by atoms with Crippen molar-refractivity contribution in [1.29, 1.82) is 0 Å². The van der Waals surface area contributed by atoms with E-state index in [-0.39, 0.29) is 23.8 Å². The van der Waals surface area contributed by atoms with Crippen LogP contribution in [0, 0.1) is 11.8 Å². The Kier molecular flexibility index (Phi) is 8.11. The number of carbonyl (C=O) groups is 3. The quantitative estimate of drug-likeness (QED) is 0.639. The molecule has 8 heteroatoms. The number of nitrogens with zero attached hydrogens (tertiary/aromatic N) is 1. The predicted octanol–water partition coefficient (Wildman–Crippen LogP) is 3.65. The minimum absolute atomic E-state index is 0.165. The third-order valence-electron chi connectivity index (χ3n) is 6.23. The van der Waals surface area contributed by atoms with Crippen LogP contribution < -0.4 is 5.32 Å². The molecule has 2 heterocycles. The maximum atomic E-state index is 13.1. The zero-order chi connectivity index (χ0) is 22.5. The third kappa shape index (κ3) is 5.47. The molecular formula is C23H34N2O5S. The van der Waals surface area contributed by atoms with Gasteiger partial charge in [-0.25, -0.2) is 4.79 Å². The second-order valence-electron chi connectivity index (χ2n) is 8.53. The number of piperidine rings is 1. The summed E-state index contributed by atoms with van der Waals surface area (Å²) in [6.07, 6.45) is 4.42. The van der Waals surface area contributed by atoms with Gasteiger partial charge in [0.2, 0.25) is 5.91 Å². The minimum Gasteiger partial charge on any atom is -0.466 e. The number of esters is 2. The summed E-state index contributed by atoms with van der Waals surface area (Å²) in [4.78, 5) is 41.1. The monoisotopic (exact) mass is 450 g/mol. The van der Waals surface area contributed by atoms with Gasteiger partial charge in [0.15, 0.2) is 0 Å². The topological polar surface area (TPSA) is 84.9 Å². The van der Waals surface area contributed by atoms with Crippen LogP contribution in [-0.4, -0.2) is 55.1 Å². The lowest BCUT2D eigenvalue weighted by Crippen LogP contribution is -2.48. The van der Waals surface area contributed by atoms with E-state index >= 15 is 0 Å². The van der Waals surface area contributed by atoms with Gasteiger partial charge in [0, 0.05) is 11.4 Å². The van der Waals surface area contributed by atoms with Gasteiger partial charge in [-0.15, -0.1) is 11.3 Å². The SMILES string of the molecule is CCOC(=O)c1c(NC(=O)[C@H](C)N2CCC[C@@H](C(=O)OCC)C2)sc2c1CC[C@H](C)C2. The molecule has 0 unspecified atom stereocenters. The van der Waals surface area contributed by atoms with Crippen molar-refractivity contribution in [2.45, 2.75) is 65.8 Å². The van der Waals surface area contributed by atoms with E-state index in [0.717, 1.165) is 44.2 Å². The Labute approximate surface area is 188 Å². The van der Waals surface area contributed by atoms with Gasteiger partial charge in [0.05, 0.1) is 30.7 Å². The molecule has 172 valence electrons. The van der Waals surface area contributed by atoms with E-state index in [1.54, 1.807) is 13.8 Å². The molecule has 0 aromatic carbocycles. The number of nitrogens with one attached hydrogen (secondary N) is 1. The van der Waals surface area contributed by atoms with E-state index in [2.05, 4.69) is 12.2 Å². The average molecular weight is 451 g/mol. The van der Waals surface area contributed by atoms with Gasteiger partial charge in [-0.3, -0.25) is 14.5 Å². The highest BCUT2D eigenvalue weighted by molar-refractivity contribution is 7.17.